The number of alkyl halides is 2. The highest BCUT2D eigenvalue weighted by Crippen LogP contribution is 2.33. The number of carbonyl (C=O) groups excluding carboxylic acids is 1. The number of rotatable bonds is 9. The molecule has 1 aromatic heterocycles. The molecule has 9 heteroatoms. The second-order valence-electron chi connectivity index (χ2n) is 7.95. The molecule has 36 heavy (non-hydrogen) atoms. The summed E-state index contributed by atoms with van der Waals surface area (Å²) < 4.78 is 5.23. The number of ether oxygens (including phenoxy) is 1. The Balaban J connectivity index is 1.57. The van der Waals surface area contributed by atoms with Crippen molar-refractivity contribution in [2.75, 3.05) is 47.5 Å². The van der Waals surface area contributed by atoms with E-state index in [-0.39, 0.29) is 11.8 Å². The third-order valence-electron chi connectivity index (χ3n) is 5.64. The van der Waals surface area contributed by atoms with Gasteiger partial charge in [0.25, 0.3) is 0 Å². The number of nitrogens with zero attached hydrogens (tertiary/aromatic N) is 2. The fourth-order valence-corrected chi connectivity index (χ4v) is 4.29. The number of phenolic OH excluding ortho intramolecular Hbond substituents is 1. The van der Waals surface area contributed by atoms with Gasteiger partial charge in [-0.05, 0) is 54.6 Å². The Bertz CT molecular complexity index is 1340. The number of hydrogen-bond donors (Lipinski definition) is 3. The first-order valence-electron chi connectivity index (χ1n) is 11.3. The summed E-state index contributed by atoms with van der Waals surface area (Å²) >= 11 is 11.8. The number of carbonyl (C=O) groups is 1. The molecule has 4 aromatic rings. The average Bonchev–Trinajstić information content (AvgIpc) is 2.89. The molecular weight excluding hydrogens is 499 g/mol. The van der Waals surface area contributed by atoms with Crippen LogP contribution >= 0.6 is 23.2 Å². The lowest BCUT2D eigenvalue weighted by Crippen LogP contribution is -2.27. The molecule has 0 aliphatic heterocycles. The number of pyridine rings is 1. The van der Waals surface area contributed by atoms with Crippen LogP contribution < -0.4 is 20.3 Å². The molecule has 0 spiro atoms. The second kappa shape index (κ2) is 11.8. The first-order valence-corrected chi connectivity index (χ1v) is 12.4. The molecule has 0 aliphatic rings. The van der Waals surface area contributed by atoms with E-state index in [0.717, 1.165) is 22.2 Å². The first kappa shape index (κ1) is 25.4. The van der Waals surface area contributed by atoms with Crippen molar-refractivity contribution in [1.82, 2.24) is 4.98 Å². The van der Waals surface area contributed by atoms with Crippen molar-refractivity contribution in [2.45, 2.75) is 0 Å². The van der Waals surface area contributed by atoms with Gasteiger partial charge in [0, 0.05) is 47.2 Å². The lowest BCUT2D eigenvalue weighted by Gasteiger charge is -2.23. The molecule has 0 saturated carbocycles. The largest absolute Gasteiger partial charge is 0.504 e. The zero-order chi connectivity index (χ0) is 25.5. The highest BCUT2D eigenvalue weighted by atomic mass is 35.5. The third kappa shape index (κ3) is 5.93. The Morgan fingerprint density at radius 2 is 1.69 bits per heavy atom. The summed E-state index contributed by atoms with van der Waals surface area (Å²) in [5.41, 5.74) is 4.33. The number of urea groups is 1. The van der Waals surface area contributed by atoms with Crippen LogP contribution in [0.5, 0.6) is 11.5 Å². The summed E-state index contributed by atoms with van der Waals surface area (Å²) in [7, 11) is 1.49. The van der Waals surface area contributed by atoms with Crippen LogP contribution in [-0.4, -0.2) is 48.1 Å². The van der Waals surface area contributed by atoms with Gasteiger partial charge in [0.1, 0.15) is 0 Å². The Kier molecular flexibility index (Phi) is 8.36. The van der Waals surface area contributed by atoms with Gasteiger partial charge in [-0.2, -0.15) is 0 Å². The van der Waals surface area contributed by atoms with Crippen LogP contribution in [0.15, 0.2) is 72.8 Å². The van der Waals surface area contributed by atoms with Crippen molar-refractivity contribution in [3.05, 3.63) is 72.8 Å². The van der Waals surface area contributed by atoms with Gasteiger partial charge in [0.2, 0.25) is 0 Å². The van der Waals surface area contributed by atoms with Gasteiger partial charge in [-0.1, -0.05) is 18.2 Å². The zero-order valence-corrected chi connectivity index (χ0v) is 21.2. The summed E-state index contributed by atoms with van der Waals surface area (Å²) in [6.45, 7) is 1.37. The normalized spacial score (nSPS) is 10.8. The maximum atomic E-state index is 12.9. The van der Waals surface area contributed by atoms with Crippen molar-refractivity contribution in [2.24, 2.45) is 0 Å². The highest BCUT2D eigenvalue weighted by molar-refractivity contribution is 6.18. The first-order chi connectivity index (χ1) is 17.5. The van der Waals surface area contributed by atoms with E-state index in [1.807, 2.05) is 48.5 Å². The van der Waals surface area contributed by atoms with E-state index in [4.69, 9.17) is 32.9 Å². The topological polar surface area (TPSA) is 86.7 Å². The standard InChI is InChI=1S/C27H26Cl2N4O3/c1-36-26-16-18(6-11-25(26)34)23-17-24(21-4-2-3-5-22(21)31-23)32-27(35)30-19-7-9-20(10-8-19)33(14-12-28)15-13-29/h2-11,16-17,34H,12-15H2,1H3,(H2,30,31,32,35). The van der Waals surface area contributed by atoms with E-state index in [1.165, 1.54) is 7.11 Å². The molecule has 7 nitrogen and oxygen atoms in total. The van der Waals surface area contributed by atoms with Gasteiger partial charge in [-0.25, -0.2) is 9.78 Å². The Labute approximate surface area is 219 Å². The van der Waals surface area contributed by atoms with E-state index in [9.17, 15) is 9.90 Å². The summed E-state index contributed by atoms with van der Waals surface area (Å²) in [6.07, 6.45) is 0. The Morgan fingerprint density at radius 1 is 0.972 bits per heavy atom. The molecule has 2 amide bonds. The fourth-order valence-electron chi connectivity index (χ4n) is 3.88. The number of benzene rings is 3. The number of anilines is 3. The van der Waals surface area contributed by atoms with Crippen molar-refractivity contribution >= 4 is 57.2 Å². The average molecular weight is 525 g/mol. The van der Waals surface area contributed by atoms with E-state index in [2.05, 4.69) is 15.5 Å². The molecule has 0 atom stereocenters. The maximum absolute atomic E-state index is 12.9. The maximum Gasteiger partial charge on any atom is 0.323 e. The molecule has 0 bridgehead atoms. The monoisotopic (exact) mass is 524 g/mol. The number of phenols is 1. The quantitative estimate of drug-likeness (QED) is 0.216. The van der Waals surface area contributed by atoms with Crippen molar-refractivity contribution in [3.8, 4) is 22.8 Å². The number of fused-ring (bicyclic) bond motifs is 1. The zero-order valence-electron chi connectivity index (χ0n) is 19.7. The van der Waals surface area contributed by atoms with Crippen LogP contribution in [0.1, 0.15) is 0 Å². The molecule has 0 saturated heterocycles. The van der Waals surface area contributed by atoms with Crippen LogP contribution in [-0.2, 0) is 0 Å². The molecule has 0 fully saturated rings. The van der Waals surface area contributed by atoms with E-state index >= 15 is 0 Å². The predicted octanol–water partition coefficient (Wildman–Crippen LogP) is 6.54. The van der Waals surface area contributed by atoms with Gasteiger partial charge in [0.05, 0.1) is 24.0 Å². The van der Waals surface area contributed by atoms with Crippen molar-refractivity contribution in [1.29, 1.82) is 0 Å². The molecule has 3 aromatic carbocycles. The van der Waals surface area contributed by atoms with Crippen LogP contribution in [0.25, 0.3) is 22.2 Å². The number of aromatic nitrogens is 1. The molecule has 0 aliphatic carbocycles. The van der Waals surface area contributed by atoms with Crippen LogP contribution in [0, 0.1) is 0 Å². The van der Waals surface area contributed by atoms with E-state index in [1.54, 1.807) is 24.3 Å². The van der Waals surface area contributed by atoms with Crippen LogP contribution in [0.2, 0.25) is 0 Å². The number of para-hydroxylation sites is 1. The SMILES string of the molecule is COc1cc(-c2cc(NC(=O)Nc3ccc(N(CCCl)CCCl)cc3)c3ccccc3n2)ccc1O. The molecule has 0 unspecified atom stereocenters. The minimum atomic E-state index is -0.383. The minimum absolute atomic E-state index is 0.0409. The smallest absolute Gasteiger partial charge is 0.323 e. The minimum Gasteiger partial charge on any atom is -0.504 e. The lowest BCUT2D eigenvalue weighted by molar-refractivity contribution is 0.262. The third-order valence-corrected chi connectivity index (χ3v) is 5.98. The van der Waals surface area contributed by atoms with E-state index < -0.39 is 0 Å². The fraction of sp³-hybridized carbons (Fsp3) is 0.185. The number of amides is 2. The molecule has 0 radical (unpaired) electrons. The van der Waals surface area contributed by atoms with Gasteiger partial charge >= 0.3 is 6.03 Å². The molecule has 4 rings (SSSR count). The van der Waals surface area contributed by atoms with Crippen LogP contribution in [0.4, 0.5) is 21.9 Å². The molecule has 3 N–H and O–H groups in total. The van der Waals surface area contributed by atoms with Crippen molar-refractivity contribution < 1.29 is 14.6 Å². The summed E-state index contributed by atoms with van der Waals surface area (Å²) in [6, 6.07) is 21.5. The summed E-state index contributed by atoms with van der Waals surface area (Å²) in [5.74, 6) is 1.38. The van der Waals surface area contributed by atoms with Crippen molar-refractivity contribution in [3.63, 3.8) is 0 Å². The van der Waals surface area contributed by atoms with Gasteiger partial charge in [-0.3, -0.25) is 0 Å². The number of aromatic hydroxyl groups is 1. The van der Waals surface area contributed by atoms with Crippen LogP contribution in [0.3, 0.4) is 0 Å². The number of methoxy groups -OCH3 is 1. The van der Waals surface area contributed by atoms with Gasteiger partial charge in [0.15, 0.2) is 11.5 Å². The Morgan fingerprint density at radius 3 is 2.39 bits per heavy atom. The Hall–Kier alpha value is -3.68. The number of halogens is 2. The highest BCUT2D eigenvalue weighted by Gasteiger charge is 2.13. The molecular formula is C27H26Cl2N4O3. The lowest BCUT2D eigenvalue weighted by atomic mass is 10.1. The van der Waals surface area contributed by atoms with Gasteiger partial charge in [-0.15, -0.1) is 23.2 Å². The molecule has 1 heterocycles. The predicted molar refractivity (Wildman–Crippen MR) is 148 cm³/mol. The van der Waals surface area contributed by atoms with Gasteiger partial charge < -0.3 is 25.4 Å². The van der Waals surface area contributed by atoms with E-state index in [0.29, 0.717) is 47.7 Å². The summed E-state index contributed by atoms with van der Waals surface area (Å²) in [4.78, 5) is 19.7. The second-order valence-corrected chi connectivity index (χ2v) is 8.71. The summed E-state index contributed by atoms with van der Waals surface area (Å²) in [5, 5.41) is 16.6. The molecule has 186 valence electrons. The number of nitrogens with one attached hydrogen (secondary N) is 2. The number of hydrogen-bond acceptors (Lipinski definition) is 5.